The van der Waals surface area contributed by atoms with Gasteiger partial charge in [0.2, 0.25) is 0 Å². The van der Waals surface area contributed by atoms with Crippen LogP contribution in [-0.2, 0) is 0 Å². The van der Waals surface area contributed by atoms with Crippen molar-refractivity contribution >= 4 is 27.6 Å². The highest BCUT2D eigenvalue weighted by atomic mass is 79.9. The van der Waals surface area contributed by atoms with Gasteiger partial charge in [-0.3, -0.25) is 0 Å². The van der Waals surface area contributed by atoms with Crippen LogP contribution in [0, 0.1) is 0 Å². The summed E-state index contributed by atoms with van der Waals surface area (Å²) in [5.74, 6) is 1.85. The maximum atomic E-state index is 4.30. The van der Waals surface area contributed by atoms with Crippen LogP contribution in [0.1, 0.15) is 12.8 Å². The van der Waals surface area contributed by atoms with Gasteiger partial charge < -0.3 is 10.2 Å². The van der Waals surface area contributed by atoms with Crippen LogP contribution in [0.15, 0.2) is 10.8 Å². The van der Waals surface area contributed by atoms with Crippen LogP contribution in [0.3, 0.4) is 0 Å². The minimum absolute atomic E-state index is 0.849. The van der Waals surface area contributed by atoms with Gasteiger partial charge in [0.05, 0.1) is 0 Å². The van der Waals surface area contributed by atoms with Crippen LogP contribution < -0.4 is 10.2 Å². The van der Waals surface area contributed by atoms with Gasteiger partial charge in [-0.05, 0) is 28.8 Å². The molecule has 0 radical (unpaired) electrons. The van der Waals surface area contributed by atoms with Crippen molar-refractivity contribution in [3.63, 3.8) is 0 Å². The maximum absolute atomic E-state index is 4.30. The second-order valence-electron chi connectivity index (χ2n) is 3.30. The van der Waals surface area contributed by atoms with Crippen molar-refractivity contribution in [2.45, 2.75) is 12.8 Å². The molecular formula is C9H13BrN4. The summed E-state index contributed by atoms with van der Waals surface area (Å²) in [6.45, 7) is 2.19. The van der Waals surface area contributed by atoms with Gasteiger partial charge in [-0.25, -0.2) is 9.97 Å². The first-order chi connectivity index (χ1) is 6.83. The minimum atomic E-state index is 0.849. The van der Waals surface area contributed by atoms with Crippen LogP contribution in [0.25, 0.3) is 0 Å². The molecule has 0 unspecified atom stereocenters. The SMILES string of the molecule is CNc1ncnc(N2CCCC2)c1Br. The molecule has 1 N–H and O–H groups in total. The topological polar surface area (TPSA) is 41.1 Å². The number of aromatic nitrogens is 2. The Balaban J connectivity index is 2.32. The Morgan fingerprint density at radius 3 is 2.71 bits per heavy atom. The van der Waals surface area contributed by atoms with Crippen LogP contribution >= 0.6 is 15.9 Å². The van der Waals surface area contributed by atoms with E-state index in [0.29, 0.717) is 0 Å². The number of hydrogen-bond acceptors (Lipinski definition) is 4. The third-order valence-corrected chi connectivity index (χ3v) is 3.14. The Kier molecular flexibility index (Phi) is 2.86. The summed E-state index contributed by atoms with van der Waals surface area (Å²) in [6, 6.07) is 0. The molecule has 4 nitrogen and oxygen atoms in total. The van der Waals surface area contributed by atoms with Crippen LogP contribution in [0.5, 0.6) is 0 Å². The van der Waals surface area contributed by atoms with Gasteiger partial charge in [-0.2, -0.15) is 0 Å². The fourth-order valence-corrected chi connectivity index (χ4v) is 2.34. The van der Waals surface area contributed by atoms with E-state index in [1.54, 1.807) is 6.33 Å². The van der Waals surface area contributed by atoms with Crippen LogP contribution in [0.2, 0.25) is 0 Å². The molecule has 0 bridgehead atoms. The number of nitrogens with zero attached hydrogens (tertiary/aromatic N) is 3. The van der Waals surface area contributed by atoms with Gasteiger partial charge in [0, 0.05) is 20.1 Å². The summed E-state index contributed by atoms with van der Waals surface area (Å²) in [6.07, 6.45) is 4.11. The number of halogens is 1. The Labute approximate surface area is 91.9 Å². The fraction of sp³-hybridized carbons (Fsp3) is 0.556. The van der Waals surface area contributed by atoms with E-state index >= 15 is 0 Å². The molecule has 0 amide bonds. The van der Waals surface area contributed by atoms with E-state index in [9.17, 15) is 0 Å². The highest BCUT2D eigenvalue weighted by molar-refractivity contribution is 9.10. The predicted octanol–water partition coefficient (Wildman–Crippen LogP) is 1.88. The normalized spacial score (nSPS) is 16.0. The fourth-order valence-electron chi connectivity index (χ4n) is 1.68. The van der Waals surface area contributed by atoms with Crippen molar-refractivity contribution in [1.82, 2.24) is 9.97 Å². The van der Waals surface area contributed by atoms with Crippen molar-refractivity contribution in [3.05, 3.63) is 10.8 Å². The van der Waals surface area contributed by atoms with Crippen LogP contribution in [-0.4, -0.2) is 30.1 Å². The van der Waals surface area contributed by atoms with Gasteiger partial charge in [-0.1, -0.05) is 0 Å². The van der Waals surface area contributed by atoms with E-state index in [2.05, 4.69) is 36.1 Å². The number of anilines is 2. The highest BCUT2D eigenvalue weighted by Gasteiger charge is 2.17. The molecule has 1 aliphatic rings. The summed E-state index contributed by atoms with van der Waals surface area (Å²) < 4.78 is 0.962. The quantitative estimate of drug-likeness (QED) is 0.878. The van der Waals surface area contributed by atoms with Crippen molar-refractivity contribution < 1.29 is 0 Å². The number of hydrogen-bond donors (Lipinski definition) is 1. The molecule has 0 atom stereocenters. The van der Waals surface area contributed by atoms with Crippen molar-refractivity contribution in [1.29, 1.82) is 0 Å². The lowest BCUT2D eigenvalue weighted by Crippen LogP contribution is -2.20. The Morgan fingerprint density at radius 1 is 1.36 bits per heavy atom. The summed E-state index contributed by atoms with van der Waals surface area (Å²) in [4.78, 5) is 10.7. The van der Waals surface area contributed by atoms with E-state index in [1.807, 2.05) is 7.05 Å². The molecule has 14 heavy (non-hydrogen) atoms. The molecule has 0 aliphatic carbocycles. The molecule has 2 rings (SSSR count). The van der Waals surface area contributed by atoms with E-state index < -0.39 is 0 Å². The molecule has 1 fully saturated rings. The summed E-state index contributed by atoms with van der Waals surface area (Å²) in [7, 11) is 1.86. The third kappa shape index (κ3) is 1.68. The maximum Gasteiger partial charge on any atom is 0.148 e. The summed E-state index contributed by atoms with van der Waals surface area (Å²) >= 11 is 3.52. The summed E-state index contributed by atoms with van der Waals surface area (Å²) in [5, 5.41) is 3.03. The van der Waals surface area contributed by atoms with E-state index in [-0.39, 0.29) is 0 Å². The molecule has 2 heterocycles. The Morgan fingerprint density at radius 2 is 2.07 bits per heavy atom. The lowest BCUT2D eigenvalue weighted by atomic mass is 10.4. The standard InChI is InChI=1S/C9H13BrN4/c1-11-8-7(10)9(13-6-12-8)14-4-2-3-5-14/h6H,2-5H2,1H3,(H,11,12,13). The number of nitrogens with one attached hydrogen (secondary N) is 1. The zero-order valence-electron chi connectivity index (χ0n) is 8.13. The first kappa shape index (κ1) is 9.71. The minimum Gasteiger partial charge on any atom is -0.372 e. The van der Waals surface area contributed by atoms with Gasteiger partial charge in [0.1, 0.15) is 22.4 Å². The average molecular weight is 257 g/mol. The van der Waals surface area contributed by atoms with E-state index in [4.69, 9.17) is 0 Å². The molecule has 0 saturated carbocycles. The molecule has 0 spiro atoms. The zero-order valence-corrected chi connectivity index (χ0v) is 9.71. The molecule has 1 saturated heterocycles. The van der Waals surface area contributed by atoms with Crippen molar-refractivity contribution in [2.24, 2.45) is 0 Å². The predicted molar refractivity (Wildman–Crippen MR) is 60.7 cm³/mol. The smallest absolute Gasteiger partial charge is 0.148 e. The second kappa shape index (κ2) is 4.13. The molecule has 0 aromatic carbocycles. The lowest BCUT2D eigenvalue weighted by Gasteiger charge is -2.18. The average Bonchev–Trinajstić information content (AvgIpc) is 2.71. The van der Waals surface area contributed by atoms with Crippen LogP contribution in [0.4, 0.5) is 11.6 Å². The molecule has 1 aromatic rings. The van der Waals surface area contributed by atoms with E-state index in [1.165, 1.54) is 12.8 Å². The second-order valence-corrected chi connectivity index (χ2v) is 4.10. The zero-order chi connectivity index (χ0) is 9.97. The van der Waals surface area contributed by atoms with Gasteiger partial charge in [-0.15, -0.1) is 0 Å². The molecule has 1 aromatic heterocycles. The number of rotatable bonds is 2. The molecular weight excluding hydrogens is 244 g/mol. The molecule has 76 valence electrons. The van der Waals surface area contributed by atoms with Gasteiger partial charge in [0.15, 0.2) is 0 Å². The monoisotopic (exact) mass is 256 g/mol. The largest absolute Gasteiger partial charge is 0.372 e. The van der Waals surface area contributed by atoms with Crippen molar-refractivity contribution in [2.75, 3.05) is 30.4 Å². The Bertz CT molecular complexity index is 323. The van der Waals surface area contributed by atoms with E-state index in [0.717, 1.165) is 29.2 Å². The van der Waals surface area contributed by atoms with Gasteiger partial charge >= 0.3 is 0 Å². The highest BCUT2D eigenvalue weighted by Crippen LogP contribution is 2.30. The first-order valence-electron chi connectivity index (χ1n) is 4.76. The molecule has 5 heteroatoms. The third-order valence-electron chi connectivity index (χ3n) is 2.41. The Hall–Kier alpha value is -0.840. The molecule has 1 aliphatic heterocycles. The lowest BCUT2D eigenvalue weighted by molar-refractivity contribution is 0.922. The summed E-state index contributed by atoms with van der Waals surface area (Å²) in [5.41, 5.74) is 0. The van der Waals surface area contributed by atoms with Crippen molar-refractivity contribution in [3.8, 4) is 0 Å². The first-order valence-corrected chi connectivity index (χ1v) is 5.55. The van der Waals surface area contributed by atoms with Gasteiger partial charge in [0.25, 0.3) is 0 Å².